The van der Waals surface area contributed by atoms with E-state index < -0.39 is 0 Å². The Hall–Kier alpha value is -2.11. The maximum Gasteiger partial charge on any atom is 0.239 e. The summed E-state index contributed by atoms with van der Waals surface area (Å²) in [6, 6.07) is 7.53. The van der Waals surface area contributed by atoms with Crippen molar-refractivity contribution in [1.82, 2.24) is 10.3 Å². The summed E-state index contributed by atoms with van der Waals surface area (Å²) >= 11 is 6.19. The van der Waals surface area contributed by atoms with Crippen LogP contribution in [0.5, 0.6) is 5.75 Å². The van der Waals surface area contributed by atoms with E-state index in [-0.39, 0.29) is 18.5 Å². The molecule has 24 heavy (non-hydrogen) atoms. The number of rotatable bonds is 5. The lowest BCUT2D eigenvalue weighted by atomic mass is 10.0. The van der Waals surface area contributed by atoms with Crippen LogP contribution in [0.4, 0.5) is 5.82 Å². The number of amides is 1. The van der Waals surface area contributed by atoms with E-state index >= 15 is 0 Å². The van der Waals surface area contributed by atoms with Gasteiger partial charge in [0.1, 0.15) is 11.6 Å². The Morgan fingerprint density at radius 1 is 1.46 bits per heavy atom. The predicted octanol–water partition coefficient (Wildman–Crippen LogP) is 3.27. The smallest absolute Gasteiger partial charge is 0.239 e. The van der Waals surface area contributed by atoms with Gasteiger partial charge in [0.05, 0.1) is 13.2 Å². The molecule has 1 aliphatic heterocycles. The Kier molecular flexibility index (Phi) is 5.02. The van der Waals surface area contributed by atoms with Crippen LogP contribution in [0.3, 0.4) is 0 Å². The monoisotopic (exact) mass is 345 g/mol. The number of nitrogens with zero attached hydrogens (tertiary/aromatic N) is 1. The Bertz CT molecular complexity index is 764. The molecule has 3 rings (SSSR count). The molecule has 0 bridgehead atoms. The van der Waals surface area contributed by atoms with E-state index in [1.54, 1.807) is 6.20 Å². The fourth-order valence-electron chi connectivity index (χ4n) is 2.77. The van der Waals surface area contributed by atoms with E-state index in [4.69, 9.17) is 16.3 Å². The van der Waals surface area contributed by atoms with Gasteiger partial charge in [-0.05, 0) is 43.2 Å². The van der Waals surface area contributed by atoms with Crippen LogP contribution in [0.1, 0.15) is 29.7 Å². The number of halogens is 1. The zero-order valence-electron chi connectivity index (χ0n) is 13.7. The molecule has 0 fully saturated rings. The third-order valence-electron chi connectivity index (χ3n) is 4.08. The predicted molar refractivity (Wildman–Crippen MR) is 94.7 cm³/mol. The summed E-state index contributed by atoms with van der Waals surface area (Å²) < 4.78 is 5.71. The molecule has 1 aliphatic rings. The lowest BCUT2D eigenvalue weighted by molar-refractivity contribution is -0.115. The Morgan fingerprint density at radius 2 is 2.29 bits per heavy atom. The third-order valence-corrected chi connectivity index (χ3v) is 4.30. The highest BCUT2D eigenvalue weighted by atomic mass is 35.5. The van der Waals surface area contributed by atoms with Crippen LogP contribution in [-0.2, 0) is 11.2 Å². The number of fused-ring (bicyclic) bond motifs is 1. The zero-order valence-corrected chi connectivity index (χ0v) is 14.5. The van der Waals surface area contributed by atoms with E-state index in [1.807, 2.05) is 38.1 Å². The van der Waals surface area contributed by atoms with E-state index in [1.165, 1.54) is 0 Å². The first kappa shape index (κ1) is 16.7. The summed E-state index contributed by atoms with van der Waals surface area (Å²) in [7, 11) is 0. The number of anilines is 1. The van der Waals surface area contributed by atoms with Crippen molar-refractivity contribution in [2.45, 2.75) is 26.3 Å². The standard InChI is InChI=1S/C18H20ClN3O2/c1-11-4-3-6-20-18(11)22-16(23)10-21-12(2)15-9-14(19)8-13-5-7-24-17(13)15/h3-4,6,8-9,12,21H,5,7,10H2,1-2H3,(H,20,22,23). The van der Waals surface area contributed by atoms with Crippen molar-refractivity contribution in [3.63, 3.8) is 0 Å². The van der Waals surface area contributed by atoms with Crippen LogP contribution in [0.15, 0.2) is 30.5 Å². The second-order valence-electron chi connectivity index (χ2n) is 5.90. The fourth-order valence-corrected chi connectivity index (χ4v) is 3.02. The molecule has 1 amide bonds. The van der Waals surface area contributed by atoms with Crippen molar-refractivity contribution in [2.75, 3.05) is 18.5 Å². The van der Waals surface area contributed by atoms with Gasteiger partial charge in [-0.2, -0.15) is 0 Å². The number of aromatic nitrogens is 1. The van der Waals surface area contributed by atoms with Crippen molar-refractivity contribution >= 4 is 23.3 Å². The molecule has 0 radical (unpaired) electrons. The van der Waals surface area contributed by atoms with Crippen LogP contribution in [0.2, 0.25) is 5.02 Å². The zero-order chi connectivity index (χ0) is 17.1. The SMILES string of the molecule is Cc1cccnc1NC(=O)CNC(C)c1cc(Cl)cc2c1OCC2. The molecule has 126 valence electrons. The Labute approximate surface area is 146 Å². The van der Waals surface area contributed by atoms with Crippen LogP contribution in [0.25, 0.3) is 0 Å². The first-order chi connectivity index (χ1) is 11.5. The van der Waals surface area contributed by atoms with E-state index in [9.17, 15) is 4.79 Å². The first-order valence-electron chi connectivity index (χ1n) is 7.94. The second-order valence-corrected chi connectivity index (χ2v) is 6.34. The second kappa shape index (κ2) is 7.20. The fraction of sp³-hybridized carbons (Fsp3) is 0.333. The maximum atomic E-state index is 12.1. The molecule has 2 N–H and O–H groups in total. The van der Waals surface area contributed by atoms with Gasteiger partial charge in [0.15, 0.2) is 0 Å². The summed E-state index contributed by atoms with van der Waals surface area (Å²) in [6.07, 6.45) is 2.53. The van der Waals surface area contributed by atoms with Crippen LogP contribution >= 0.6 is 11.6 Å². The number of hydrogen-bond acceptors (Lipinski definition) is 4. The summed E-state index contributed by atoms with van der Waals surface area (Å²) in [5, 5.41) is 6.72. The van der Waals surface area contributed by atoms with Gasteiger partial charge in [0.2, 0.25) is 5.91 Å². The van der Waals surface area contributed by atoms with E-state index in [2.05, 4.69) is 15.6 Å². The van der Waals surface area contributed by atoms with E-state index in [0.29, 0.717) is 17.4 Å². The average Bonchev–Trinajstić information content (AvgIpc) is 3.02. The molecule has 0 spiro atoms. The molecule has 1 atom stereocenters. The number of benzene rings is 1. The number of pyridine rings is 1. The van der Waals surface area contributed by atoms with Crippen molar-refractivity contribution in [1.29, 1.82) is 0 Å². The number of carbonyl (C=O) groups is 1. The quantitative estimate of drug-likeness (QED) is 0.873. The molecule has 5 nitrogen and oxygen atoms in total. The summed E-state index contributed by atoms with van der Waals surface area (Å²) in [5.74, 6) is 1.34. The minimum atomic E-state index is -0.136. The first-order valence-corrected chi connectivity index (χ1v) is 8.32. The molecule has 2 heterocycles. The lowest BCUT2D eigenvalue weighted by Gasteiger charge is -2.17. The van der Waals surface area contributed by atoms with Gasteiger partial charge in [-0.3, -0.25) is 4.79 Å². The van der Waals surface area contributed by atoms with Crippen molar-refractivity contribution in [3.05, 3.63) is 52.2 Å². The highest BCUT2D eigenvalue weighted by Crippen LogP contribution is 2.36. The third kappa shape index (κ3) is 3.68. The van der Waals surface area contributed by atoms with Gasteiger partial charge < -0.3 is 15.4 Å². The molecular weight excluding hydrogens is 326 g/mol. The molecule has 1 unspecified atom stereocenters. The number of hydrogen-bond donors (Lipinski definition) is 2. The molecule has 1 aromatic heterocycles. The minimum absolute atomic E-state index is 0.0499. The highest BCUT2D eigenvalue weighted by molar-refractivity contribution is 6.30. The topological polar surface area (TPSA) is 63.2 Å². The van der Waals surface area contributed by atoms with Crippen LogP contribution in [-0.4, -0.2) is 24.0 Å². The van der Waals surface area contributed by atoms with Crippen LogP contribution < -0.4 is 15.4 Å². The van der Waals surface area contributed by atoms with Gasteiger partial charge in [-0.25, -0.2) is 4.98 Å². The molecule has 6 heteroatoms. The molecule has 0 saturated heterocycles. The summed E-state index contributed by atoms with van der Waals surface area (Å²) in [5.41, 5.74) is 3.04. The molecular formula is C18H20ClN3O2. The number of aryl methyl sites for hydroxylation is 1. The van der Waals surface area contributed by atoms with Gasteiger partial charge >= 0.3 is 0 Å². The van der Waals surface area contributed by atoms with Gasteiger partial charge in [0.25, 0.3) is 0 Å². The minimum Gasteiger partial charge on any atom is -0.493 e. The van der Waals surface area contributed by atoms with Crippen LogP contribution in [0, 0.1) is 6.92 Å². The number of carbonyl (C=O) groups excluding carboxylic acids is 1. The summed E-state index contributed by atoms with van der Waals surface area (Å²) in [6.45, 7) is 4.76. The van der Waals surface area contributed by atoms with Gasteiger partial charge in [-0.15, -0.1) is 0 Å². The average molecular weight is 346 g/mol. The number of ether oxygens (including phenoxy) is 1. The largest absolute Gasteiger partial charge is 0.493 e. The molecule has 0 saturated carbocycles. The normalized spacial score (nSPS) is 14.0. The highest BCUT2D eigenvalue weighted by Gasteiger charge is 2.21. The van der Waals surface area contributed by atoms with E-state index in [0.717, 1.165) is 28.9 Å². The lowest BCUT2D eigenvalue weighted by Crippen LogP contribution is -2.30. The Morgan fingerprint density at radius 3 is 3.08 bits per heavy atom. The van der Waals surface area contributed by atoms with Crippen molar-refractivity contribution in [2.24, 2.45) is 0 Å². The number of nitrogens with one attached hydrogen (secondary N) is 2. The van der Waals surface area contributed by atoms with Gasteiger partial charge in [0, 0.05) is 29.2 Å². The van der Waals surface area contributed by atoms with Gasteiger partial charge in [-0.1, -0.05) is 17.7 Å². The molecule has 0 aliphatic carbocycles. The van der Waals surface area contributed by atoms with Crippen molar-refractivity contribution in [3.8, 4) is 5.75 Å². The summed E-state index contributed by atoms with van der Waals surface area (Å²) in [4.78, 5) is 16.3. The van der Waals surface area contributed by atoms with Crippen molar-refractivity contribution < 1.29 is 9.53 Å². The Balaban J connectivity index is 1.63. The maximum absolute atomic E-state index is 12.1. The molecule has 1 aromatic carbocycles. The molecule has 2 aromatic rings.